The highest BCUT2D eigenvalue weighted by Crippen LogP contribution is 2.34. The maximum Gasteiger partial charge on any atom is 0.338 e. The van der Waals surface area contributed by atoms with Gasteiger partial charge in [-0.3, -0.25) is 4.99 Å². The fraction of sp³-hybridized carbons (Fsp3) is 0.263. The molecule has 0 spiro atoms. The summed E-state index contributed by atoms with van der Waals surface area (Å²) in [5, 5.41) is 30.5. The summed E-state index contributed by atoms with van der Waals surface area (Å²) >= 11 is 0. The number of rotatable bonds is 4. The van der Waals surface area contributed by atoms with Crippen LogP contribution in [-0.4, -0.2) is 40.2 Å². The average Bonchev–Trinajstić information content (AvgIpc) is 3.06. The van der Waals surface area contributed by atoms with Crippen molar-refractivity contribution in [1.82, 2.24) is 0 Å². The molecule has 6 nitrogen and oxygen atoms in total. The van der Waals surface area contributed by atoms with Gasteiger partial charge in [-0.1, -0.05) is 12.1 Å². The van der Waals surface area contributed by atoms with Gasteiger partial charge in [0, 0.05) is 30.2 Å². The molecule has 6 heteroatoms. The van der Waals surface area contributed by atoms with Gasteiger partial charge in [0.25, 0.3) is 0 Å². The molecule has 0 radical (unpaired) electrons. The maximum atomic E-state index is 12.1. The van der Waals surface area contributed by atoms with Gasteiger partial charge >= 0.3 is 5.97 Å². The molecule has 0 amide bonds. The Morgan fingerprint density at radius 2 is 1.88 bits per heavy atom. The van der Waals surface area contributed by atoms with Crippen LogP contribution < -0.4 is 0 Å². The van der Waals surface area contributed by atoms with E-state index < -0.39 is 5.97 Å². The summed E-state index contributed by atoms with van der Waals surface area (Å²) in [4.78, 5) is 16.1. The van der Waals surface area contributed by atoms with Crippen molar-refractivity contribution in [3.8, 4) is 17.2 Å². The Bertz CT molecular complexity index is 792. The number of hydrogen-bond donors (Lipinski definition) is 3. The van der Waals surface area contributed by atoms with Gasteiger partial charge < -0.3 is 20.1 Å². The normalized spacial score (nSPS) is 16.1. The van der Waals surface area contributed by atoms with Gasteiger partial charge in [-0.2, -0.15) is 0 Å². The molecule has 0 aliphatic carbocycles. The molecule has 0 bridgehead atoms. The summed E-state index contributed by atoms with van der Waals surface area (Å²) < 4.78 is 5.28. The van der Waals surface area contributed by atoms with E-state index in [-0.39, 0.29) is 40.9 Å². The molecule has 1 heterocycles. The summed E-state index contributed by atoms with van der Waals surface area (Å²) in [6.07, 6.45) is 2.10. The highest BCUT2D eigenvalue weighted by molar-refractivity contribution is 5.91. The van der Waals surface area contributed by atoms with Crippen LogP contribution in [0.1, 0.15) is 33.5 Å². The molecule has 0 fully saturated rings. The van der Waals surface area contributed by atoms with Crippen LogP contribution >= 0.6 is 0 Å². The third-order valence-electron chi connectivity index (χ3n) is 4.26. The highest BCUT2D eigenvalue weighted by Gasteiger charge is 2.21. The van der Waals surface area contributed by atoms with E-state index in [1.54, 1.807) is 18.3 Å². The fourth-order valence-corrected chi connectivity index (χ4v) is 2.80. The van der Waals surface area contributed by atoms with Gasteiger partial charge in [-0.05, 0) is 30.7 Å². The Labute approximate surface area is 145 Å². The second-order valence-electron chi connectivity index (χ2n) is 6.05. The molecule has 3 N–H and O–H groups in total. The van der Waals surface area contributed by atoms with Crippen LogP contribution in [0.15, 0.2) is 35.3 Å². The van der Waals surface area contributed by atoms with Gasteiger partial charge in [0.2, 0.25) is 0 Å². The van der Waals surface area contributed by atoms with Gasteiger partial charge in [-0.15, -0.1) is 0 Å². The molecule has 1 atom stereocenters. The molecule has 25 heavy (non-hydrogen) atoms. The van der Waals surface area contributed by atoms with Crippen molar-refractivity contribution < 1.29 is 24.9 Å². The molecule has 3 rings (SSSR count). The zero-order valence-electron chi connectivity index (χ0n) is 13.8. The van der Waals surface area contributed by atoms with Gasteiger partial charge in [-0.25, -0.2) is 4.79 Å². The van der Waals surface area contributed by atoms with Crippen molar-refractivity contribution in [1.29, 1.82) is 0 Å². The lowest BCUT2D eigenvalue weighted by atomic mass is 9.97. The van der Waals surface area contributed by atoms with E-state index in [4.69, 9.17) is 4.74 Å². The quantitative estimate of drug-likeness (QED) is 0.743. The lowest BCUT2D eigenvalue weighted by Gasteiger charge is -2.14. The van der Waals surface area contributed by atoms with Crippen LogP contribution in [-0.2, 0) is 11.2 Å². The van der Waals surface area contributed by atoms with Crippen molar-refractivity contribution in [2.45, 2.75) is 25.9 Å². The lowest BCUT2D eigenvalue weighted by Crippen LogP contribution is -2.18. The topological polar surface area (TPSA) is 99.4 Å². The first-order valence-corrected chi connectivity index (χ1v) is 7.97. The predicted molar refractivity (Wildman–Crippen MR) is 92.6 cm³/mol. The molecule has 0 saturated heterocycles. The smallest absolute Gasteiger partial charge is 0.338 e. The molecule has 1 aliphatic rings. The van der Waals surface area contributed by atoms with Crippen molar-refractivity contribution in [3.63, 3.8) is 0 Å². The number of carbonyl (C=O) groups is 1. The largest absolute Gasteiger partial charge is 0.508 e. The minimum atomic E-state index is -0.619. The minimum Gasteiger partial charge on any atom is -0.508 e. The molecule has 2 aromatic carbocycles. The number of benzene rings is 2. The molecule has 2 aromatic rings. The molecular formula is C19H19NO5. The highest BCUT2D eigenvalue weighted by atomic mass is 16.5. The number of carbonyl (C=O) groups excluding carboxylic acids is 1. The van der Waals surface area contributed by atoms with Gasteiger partial charge in [0.1, 0.15) is 23.4 Å². The summed E-state index contributed by atoms with van der Waals surface area (Å²) in [6.45, 7) is 2.26. The van der Waals surface area contributed by atoms with Crippen molar-refractivity contribution >= 4 is 12.2 Å². The van der Waals surface area contributed by atoms with Crippen molar-refractivity contribution in [3.05, 3.63) is 52.6 Å². The molecular weight excluding hydrogens is 322 g/mol. The van der Waals surface area contributed by atoms with E-state index in [9.17, 15) is 20.1 Å². The Balaban J connectivity index is 1.84. The third kappa shape index (κ3) is 3.57. The zero-order chi connectivity index (χ0) is 18.0. The monoisotopic (exact) mass is 341 g/mol. The minimum absolute atomic E-state index is 0.0691. The number of hydrogen-bond acceptors (Lipinski definition) is 6. The zero-order valence-corrected chi connectivity index (χ0v) is 13.8. The average molecular weight is 341 g/mol. The summed E-state index contributed by atoms with van der Waals surface area (Å²) in [5.74, 6) is -0.982. The number of aliphatic imine (C=N–C) groups is 1. The fourth-order valence-electron chi connectivity index (χ4n) is 2.80. The number of aryl methyl sites for hydroxylation is 1. The number of phenolic OH excluding ortho intramolecular Hbond substituents is 3. The Hall–Kier alpha value is -3.02. The van der Waals surface area contributed by atoms with E-state index in [1.807, 2.05) is 13.0 Å². The van der Waals surface area contributed by atoms with Gasteiger partial charge in [0.05, 0.1) is 12.1 Å². The Kier molecular flexibility index (Phi) is 4.61. The molecule has 0 saturated carbocycles. The summed E-state index contributed by atoms with van der Waals surface area (Å²) in [6, 6.07) is 7.63. The van der Waals surface area contributed by atoms with Crippen LogP contribution in [0.3, 0.4) is 0 Å². The second-order valence-corrected chi connectivity index (χ2v) is 6.05. The Morgan fingerprint density at radius 3 is 2.48 bits per heavy atom. The van der Waals surface area contributed by atoms with Crippen LogP contribution in [0.5, 0.6) is 17.2 Å². The maximum absolute atomic E-state index is 12.1. The van der Waals surface area contributed by atoms with Crippen LogP contribution in [0.2, 0.25) is 0 Å². The third-order valence-corrected chi connectivity index (χ3v) is 4.26. The predicted octanol–water partition coefficient (Wildman–Crippen LogP) is 2.70. The van der Waals surface area contributed by atoms with E-state index in [2.05, 4.69) is 4.99 Å². The molecule has 1 aliphatic heterocycles. The van der Waals surface area contributed by atoms with E-state index in [0.29, 0.717) is 18.5 Å². The SMILES string of the molecule is Cc1cccc(O)c1Cc1c(O)cc(C(=O)O[C@H]2CC=NC2)cc1O. The summed E-state index contributed by atoms with van der Waals surface area (Å²) in [7, 11) is 0. The van der Waals surface area contributed by atoms with E-state index in [0.717, 1.165) is 5.56 Å². The van der Waals surface area contributed by atoms with Crippen molar-refractivity contribution in [2.75, 3.05) is 6.54 Å². The standard InChI is InChI=1S/C19H19NO5/c1-11-3-2-4-16(21)14(11)9-15-17(22)7-12(8-18(15)23)19(24)25-13-5-6-20-10-13/h2-4,6-8,13,21-23H,5,9-10H2,1H3/t13-/m0/s1. The van der Waals surface area contributed by atoms with Crippen LogP contribution in [0.25, 0.3) is 0 Å². The molecule has 0 unspecified atom stereocenters. The molecule has 130 valence electrons. The first-order chi connectivity index (χ1) is 12.0. The van der Waals surface area contributed by atoms with E-state index in [1.165, 1.54) is 12.1 Å². The second kappa shape index (κ2) is 6.84. The summed E-state index contributed by atoms with van der Waals surface area (Å²) in [5.41, 5.74) is 1.75. The lowest BCUT2D eigenvalue weighted by molar-refractivity contribution is 0.0351. The Morgan fingerprint density at radius 1 is 1.16 bits per heavy atom. The molecule has 0 aromatic heterocycles. The van der Waals surface area contributed by atoms with Crippen LogP contribution in [0, 0.1) is 6.92 Å². The first-order valence-electron chi connectivity index (χ1n) is 7.97. The van der Waals surface area contributed by atoms with Crippen molar-refractivity contribution in [2.24, 2.45) is 4.99 Å². The first kappa shape index (κ1) is 16.8. The number of ether oxygens (including phenoxy) is 1. The number of esters is 1. The number of nitrogens with zero attached hydrogens (tertiary/aromatic N) is 1. The number of aromatic hydroxyl groups is 3. The van der Waals surface area contributed by atoms with Crippen LogP contribution in [0.4, 0.5) is 0 Å². The number of phenols is 3. The van der Waals surface area contributed by atoms with E-state index >= 15 is 0 Å². The van der Waals surface area contributed by atoms with Gasteiger partial charge in [0.15, 0.2) is 0 Å².